The maximum absolute atomic E-state index is 14.1. The monoisotopic (exact) mass is 381 g/mol. The molecule has 2 heterocycles. The highest BCUT2D eigenvalue weighted by molar-refractivity contribution is 7.90. The molecule has 0 saturated heterocycles. The van der Waals surface area contributed by atoms with E-state index >= 15 is 0 Å². The Kier molecular flexibility index (Phi) is 4.84. The van der Waals surface area contributed by atoms with E-state index in [-0.39, 0.29) is 11.3 Å². The molecule has 5 nitrogen and oxygen atoms in total. The molecule has 0 fully saturated rings. The van der Waals surface area contributed by atoms with Gasteiger partial charge in [0.2, 0.25) is 5.95 Å². The van der Waals surface area contributed by atoms with Gasteiger partial charge in [-0.3, -0.25) is 0 Å². The number of nitrogens with zero attached hydrogens (tertiary/aromatic N) is 2. The number of halogens is 3. The van der Waals surface area contributed by atoms with Gasteiger partial charge in [0.1, 0.15) is 0 Å². The molecule has 3 aromatic rings. The molecule has 136 valence electrons. The number of rotatable bonds is 5. The third-order valence-corrected chi connectivity index (χ3v) is 5.38. The van der Waals surface area contributed by atoms with Crippen molar-refractivity contribution in [3.63, 3.8) is 0 Å². The maximum Gasteiger partial charge on any atom is 0.268 e. The van der Waals surface area contributed by atoms with E-state index in [0.717, 1.165) is 16.1 Å². The molecular weight excluding hydrogens is 367 g/mol. The van der Waals surface area contributed by atoms with Crippen molar-refractivity contribution in [1.29, 1.82) is 0 Å². The molecule has 0 unspecified atom stereocenters. The molecule has 0 bridgehead atoms. The highest BCUT2D eigenvalue weighted by atomic mass is 32.2. The van der Waals surface area contributed by atoms with Gasteiger partial charge in [-0.05, 0) is 49.0 Å². The smallest absolute Gasteiger partial charge is 0.268 e. The second-order valence-electron chi connectivity index (χ2n) is 5.48. The summed E-state index contributed by atoms with van der Waals surface area (Å²) in [4.78, 5) is 3.08. The molecule has 0 radical (unpaired) electrons. The third kappa shape index (κ3) is 3.23. The van der Waals surface area contributed by atoms with E-state index in [1.54, 1.807) is 7.05 Å². The van der Waals surface area contributed by atoms with Crippen LogP contribution in [0.5, 0.6) is 0 Å². The van der Waals surface area contributed by atoms with Crippen molar-refractivity contribution in [2.75, 3.05) is 7.05 Å². The second-order valence-corrected chi connectivity index (χ2v) is 7.30. The summed E-state index contributed by atoms with van der Waals surface area (Å²) in [5.74, 6) is -3.29. The normalized spacial score (nSPS) is 11.7. The average Bonchev–Trinajstić information content (AvgIpc) is 3.02. The van der Waals surface area contributed by atoms with Crippen LogP contribution in [0.3, 0.4) is 0 Å². The first-order valence-corrected chi connectivity index (χ1v) is 8.96. The summed E-state index contributed by atoms with van der Waals surface area (Å²) in [5, 5.41) is 2.87. The third-order valence-electron chi connectivity index (χ3n) is 3.71. The van der Waals surface area contributed by atoms with Gasteiger partial charge in [-0.15, -0.1) is 0 Å². The van der Waals surface area contributed by atoms with Gasteiger partial charge in [0, 0.05) is 18.9 Å². The Bertz CT molecular complexity index is 1060. The van der Waals surface area contributed by atoms with Crippen LogP contribution in [0.15, 0.2) is 53.7 Å². The van der Waals surface area contributed by atoms with E-state index in [4.69, 9.17) is 0 Å². The number of aromatic nitrogens is 2. The van der Waals surface area contributed by atoms with Crippen molar-refractivity contribution in [2.24, 2.45) is 0 Å². The molecule has 0 amide bonds. The van der Waals surface area contributed by atoms with E-state index in [1.807, 2.05) is 0 Å². The van der Waals surface area contributed by atoms with E-state index in [1.165, 1.54) is 30.6 Å². The molecule has 9 heteroatoms. The lowest BCUT2D eigenvalue weighted by Crippen LogP contribution is -2.14. The molecule has 0 aliphatic rings. The standard InChI is InChI=1S/C17H14F3N3O2S/c1-21-9-11-7-16(13-3-2-6-22-17(13)20)23(10-11)26(24,25)12-4-5-14(18)15(19)8-12/h2-8,10,21H,9H2,1H3. The summed E-state index contributed by atoms with van der Waals surface area (Å²) in [6.45, 7) is 0.329. The number of pyridine rings is 1. The van der Waals surface area contributed by atoms with Crippen molar-refractivity contribution < 1.29 is 21.6 Å². The summed E-state index contributed by atoms with van der Waals surface area (Å²) in [7, 11) is -2.61. The van der Waals surface area contributed by atoms with Crippen LogP contribution in [-0.2, 0) is 16.6 Å². The quantitative estimate of drug-likeness (QED) is 0.691. The Hall–Kier alpha value is -2.65. The van der Waals surface area contributed by atoms with Crippen LogP contribution in [-0.4, -0.2) is 24.4 Å². The lowest BCUT2D eigenvalue weighted by atomic mass is 10.2. The fourth-order valence-electron chi connectivity index (χ4n) is 2.52. The highest BCUT2D eigenvalue weighted by Gasteiger charge is 2.24. The highest BCUT2D eigenvalue weighted by Crippen LogP contribution is 2.28. The van der Waals surface area contributed by atoms with E-state index < -0.39 is 32.5 Å². The largest absolute Gasteiger partial charge is 0.316 e. The van der Waals surface area contributed by atoms with Crippen molar-refractivity contribution in [1.82, 2.24) is 14.3 Å². The first-order chi connectivity index (χ1) is 12.3. The molecular formula is C17H14F3N3O2S. The van der Waals surface area contributed by atoms with E-state index in [2.05, 4.69) is 10.3 Å². The van der Waals surface area contributed by atoms with Crippen LogP contribution in [0.25, 0.3) is 11.3 Å². The predicted molar refractivity (Wildman–Crippen MR) is 89.3 cm³/mol. The number of hydrogen-bond acceptors (Lipinski definition) is 4. The van der Waals surface area contributed by atoms with Gasteiger partial charge in [-0.1, -0.05) is 0 Å². The zero-order valence-corrected chi connectivity index (χ0v) is 14.4. The Labute approximate surface area is 148 Å². The van der Waals surface area contributed by atoms with Crippen LogP contribution in [0.1, 0.15) is 5.56 Å². The number of benzene rings is 1. The van der Waals surface area contributed by atoms with Gasteiger partial charge in [0.05, 0.1) is 16.2 Å². The molecule has 0 saturated carbocycles. The van der Waals surface area contributed by atoms with Crippen LogP contribution in [0.2, 0.25) is 0 Å². The Morgan fingerprint density at radius 2 is 1.88 bits per heavy atom. The Balaban J connectivity index is 2.23. The summed E-state index contributed by atoms with van der Waals surface area (Å²) in [6, 6.07) is 6.62. The topological polar surface area (TPSA) is 64.0 Å². The first kappa shape index (κ1) is 18.2. The number of nitrogens with one attached hydrogen (secondary N) is 1. The minimum atomic E-state index is -4.28. The molecule has 3 rings (SSSR count). The van der Waals surface area contributed by atoms with Crippen molar-refractivity contribution in [3.05, 3.63) is 71.9 Å². The molecule has 0 atom stereocenters. The zero-order valence-electron chi connectivity index (χ0n) is 13.6. The van der Waals surface area contributed by atoms with Crippen LogP contribution in [0, 0.1) is 17.6 Å². The van der Waals surface area contributed by atoms with Gasteiger partial charge in [-0.2, -0.15) is 4.39 Å². The number of hydrogen-bond donors (Lipinski definition) is 1. The van der Waals surface area contributed by atoms with Crippen molar-refractivity contribution in [2.45, 2.75) is 11.4 Å². The van der Waals surface area contributed by atoms with Gasteiger partial charge in [-0.25, -0.2) is 26.2 Å². The Morgan fingerprint density at radius 3 is 2.54 bits per heavy atom. The van der Waals surface area contributed by atoms with Crippen LogP contribution in [0.4, 0.5) is 13.2 Å². The van der Waals surface area contributed by atoms with E-state index in [0.29, 0.717) is 18.2 Å². The average molecular weight is 381 g/mol. The molecule has 26 heavy (non-hydrogen) atoms. The summed E-state index contributed by atoms with van der Waals surface area (Å²) >= 11 is 0. The van der Waals surface area contributed by atoms with Crippen molar-refractivity contribution >= 4 is 10.0 Å². The molecule has 0 aliphatic carbocycles. The SMILES string of the molecule is CNCc1cc(-c2cccnc2F)n(S(=O)(=O)c2ccc(F)c(F)c2)c1. The van der Waals surface area contributed by atoms with Gasteiger partial charge >= 0.3 is 0 Å². The van der Waals surface area contributed by atoms with Gasteiger partial charge in [0.15, 0.2) is 11.6 Å². The lowest BCUT2D eigenvalue weighted by molar-refractivity contribution is 0.504. The maximum atomic E-state index is 14.1. The van der Waals surface area contributed by atoms with E-state index in [9.17, 15) is 21.6 Å². The fraction of sp³-hybridized carbons (Fsp3) is 0.118. The molecule has 1 aromatic carbocycles. The fourth-order valence-corrected chi connectivity index (χ4v) is 3.92. The summed E-state index contributed by atoms with van der Waals surface area (Å²) in [6.07, 6.45) is 2.54. The van der Waals surface area contributed by atoms with Gasteiger partial charge in [0.25, 0.3) is 10.0 Å². The van der Waals surface area contributed by atoms with Crippen molar-refractivity contribution in [3.8, 4) is 11.3 Å². The molecule has 2 aromatic heterocycles. The Morgan fingerprint density at radius 1 is 1.12 bits per heavy atom. The minimum absolute atomic E-state index is 0.0268. The zero-order chi connectivity index (χ0) is 18.9. The second kappa shape index (κ2) is 6.93. The predicted octanol–water partition coefficient (Wildman–Crippen LogP) is 2.92. The van der Waals surface area contributed by atoms with Gasteiger partial charge < -0.3 is 5.32 Å². The van der Waals surface area contributed by atoms with Crippen LogP contribution < -0.4 is 5.32 Å². The van der Waals surface area contributed by atoms with Crippen LogP contribution >= 0.6 is 0 Å². The molecule has 1 N–H and O–H groups in total. The first-order valence-electron chi connectivity index (χ1n) is 7.52. The summed E-state index contributed by atoms with van der Waals surface area (Å²) in [5.41, 5.74) is 0.573. The molecule has 0 aliphatic heterocycles. The molecule has 0 spiro atoms. The minimum Gasteiger partial charge on any atom is -0.316 e. The summed E-state index contributed by atoms with van der Waals surface area (Å²) < 4.78 is 67.5. The lowest BCUT2D eigenvalue weighted by Gasteiger charge is -2.11.